The fraction of sp³-hybridized carbons (Fsp3) is 0.455. The van der Waals surface area contributed by atoms with Crippen LogP contribution in [0.3, 0.4) is 0 Å². The van der Waals surface area contributed by atoms with Crippen molar-refractivity contribution in [2.24, 2.45) is 5.73 Å². The van der Waals surface area contributed by atoms with Crippen LogP contribution >= 0.6 is 0 Å². The lowest BCUT2D eigenvalue weighted by Crippen LogP contribution is -2.38. The van der Waals surface area contributed by atoms with Gasteiger partial charge in [0, 0.05) is 11.5 Å². The van der Waals surface area contributed by atoms with E-state index in [1.54, 1.807) is 12.1 Å². The Labute approximate surface area is 82.5 Å². The van der Waals surface area contributed by atoms with E-state index in [9.17, 15) is 4.39 Å². The Kier molecular flexibility index (Phi) is 2.29. The summed E-state index contributed by atoms with van der Waals surface area (Å²) in [4.78, 5) is 0. The van der Waals surface area contributed by atoms with Crippen LogP contribution in [0.1, 0.15) is 18.4 Å². The van der Waals surface area contributed by atoms with Crippen LogP contribution in [0.15, 0.2) is 24.3 Å². The van der Waals surface area contributed by atoms with Gasteiger partial charge >= 0.3 is 0 Å². The number of aliphatic hydroxyl groups is 1. The fourth-order valence-electron chi connectivity index (χ4n) is 1.96. The predicted octanol–water partition coefficient (Wildman–Crippen LogP) is 1.18. The first-order chi connectivity index (χ1) is 6.69. The topological polar surface area (TPSA) is 46.2 Å². The lowest BCUT2D eigenvalue weighted by molar-refractivity contribution is 0.242. The molecule has 1 saturated carbocycles. The van der Waals surface area contributed by atoms with Crippen LogP contribution in [0.25, 0.3) is 0 Å². The van der Waals surface area contributed by atoms with Crippen molar-refractivity contribution in [3.8, 4) is 0 Å². The van der Waals surface area contributed by atoms with Gasteiger partial charge in [0.15, 0.2) is 0 Å². The van der Waals surface area contributed by atoms with Gasteiger partial charge in [0.05, 0.1) is 6.61 Å². The molecule has 2 nitrogen and oxygen atoms in total. The van der Waals surface area contributed by atoms with Crippen LogP contribution in [-0.4, -0.2) is 17.8 Å². The highest BCUT2D eigenvalue weighted by Gasteiger charge is 2.48. The van der Waals surface area contributed by atoms with Gasteiger partial charge in [-0.05, 0) is 30.5 Å². The minimum atomic E-state index is -0.234. The van der Waals surface area contributed by atoms with Crippen LogP contribution in [0, 0.1) is 5.82 Å². The van der Waals surface area contributed by atoms with Crippen molar-refractivity contribution < 1.29 is 9.50 Å². The first-order valence-electron chi connectivity index (χ1n) is 4.81. The molecule has 2 rings (SSSR count). The lowest BCUT2D eigenvalue weighted by Gasteiger charge is -2.21. The van der Waals surface area contributed by atoms with Crippen molar-refractivity contribution >= 4 is 0 Å². The Morgan fingerprint density at radius 3 is 2.36 bits per heavy atom. The molecule has 1 unspecified atom stereocenters. The fourth-order valence-corrected chi connectivity index (χ4v) is 1.96. The summed E-state index contributed by atoms with van der Waals surface area (Å²) in [6, 6.07) is 6.18. The third-order valence-electron chi connectivity index (χ3n) is 3.11. The second-order valence-electron chi connectivity index (χ2n) is 3.95. The van der Waals surface area contributed by atoms with Gasteiger partial charge in [0.2, 0.25) is 0 Å². The zero-order valence-electron chi connectivity index (χ0n) is 7.91. The molecule has 0 aromatic heterocycles. The normalized spacial score (nSPS) is 20.5. The van der Waals surface area contributed by atoms with E-state index in [1.807, 2.05) is 0 Å². The largest absolute Gasteiger partial charge is 0.395 e. The van der Waals surface area contributed by atoms with E-state index in [1.165, 1.54) is 12.1 Å². The number of aliphatic hydroxyl groups excluding tert-OH is 1. The van der Waals surface area contributed by atoms with Gasteiger partial charge in [-0.3, -0.25) is 0 Å². The summed E-state index contributed by atoms with van der Waals surface area (Å²) in [6.45, 7) is -0.0165. The molecule has 0 heterocycles. The zero-order valence-corrected chi connectivity index (χ0v) is 7.91. The summed E-state index contributed by atoms with van der Waals surface area (Å²) in [5.41, 5.74) is 6.79. The molecule has 1 fully saturated rings. The van der Waals surface area contributed by atoms with E-state index < -0.39 is 0 Å². The van der Waals surface area contributed by atoms with Crippen molar-refractivity contribution in [3.63, 3.8) is 0 Å². The smallest absolute Gasteiger partial charge is 0.123 e. The number of rotatable bonds is 3. The van der Waals surface area contributed by atoms with E-state index in [4.69, 9.17) is 10.8 Å². The van der Waals surface area contributed by atoms with Crippen molar-refractivity contribution in [1.29, 1.82) is 0 Å². The summed E-state index contributed by atoms with van der Waals surface area (Å²) < 4.78 is 12.7. The second kappa shape index (κ2) is 3.33. The molecule has 0 radical (unpaired) electrons. The molecule has 0 amide bonds. The van der Waals surface area contributed by atoms with E-state index in [2.05, 4.69) is 0 Å². The van der Waals surface area contributed by atoms with E-state index in [-0.39, 0.29) is 23.9 Å². The maximum absolute atomic E-state index is 12.7. The average Bonchev–Trinajstić information content (AvgIpc) is 2.99. The molecular weight excluding hydrogens is 181 g/mol. The highest BCUT2D eigenvalue weighted by Crippen LogP contribution is 2.50. The molecule has 1 aliphatic rings. The molecule has 0 aliphatic heterocycles. The van der Waals surface area contributed by atoms with Crippen LogP contribution < -0.4 is 5.73 Å². The molecule has 76 valence electrons. The molecule has 1 aromatic rings. The van der Waals surface area contributed by atoms with Crippen molar-refractivity contribution in [1.82, 2.24) is 0 Å². The van der Waals surface area contributed by atoms with Crippen LogP contribution in [0.2, 0.25) is 0 Å². The van der Waals surface area contributed by atoms with E-state index in [0.29, 0.717) is 0 Å². The molecule has 14 heavy (non-hydrogen) atoms. The lowest BCUT2D eigenvalue weighted by atomic mass is 9.89. The summed E-state index contributed by atoms with van der Waals surface area (Å²) in [5, 5.41) is 9.03. The Hall–Kier alpha value is -0.930. The molecule has 1 aliphatic carbocycles. The quantitative estimate of drug-likeness (QED) is 0.760. The molecule has 3 heteroatoms. The average molecular weight is 195 g/mol. The van der Waals surface area contributed by atoms with E-state index >= 15 is 0 Å². The molecule has 0 saturated heterocycles. The van der Waals surface area contributed by atoms with Crippen LogP contribution in [0.4, 0.5) is 4.39 Å². The summed E-state index contributed by atoms with van der Waals surface area (Å²) in [5.74, 6) is -0.234. The Bertz CT molecular complexity index is 319. The van der Waals surface area contributed by atoms with Crippen molar-refractivity contribution in [3.05, 3.63) is 35.6 Å². The van der Waals surface area contributed by atoms with Gasteiger partial charge in [-0.25, -0.2) is 4.39 Å². The first-order valence-corrected chi connectivity index (χ1v) is 4.81. The highest BCUT2D eigenvalue weighted by molar-refractivity contribution is 5.33. The molecule has 3 N–H and O–H groups in total. The van der Waals surface area contributed by atoms with Crippen LogP contribution in [-0.2, 0) is 5.41 Å². The number of hydrogen-bond acceptors (Lipinski definition) is 2. The van der Waals surface area contributed by atoms with Crippen molar-refractivity contribution in [2.75, 3.05) is 6.61 Å². The SMILES string of the molecule is NC(CO)C1(c2ccc(F)cc2)CC1. The van der Waals surface area contributed by atoms with Gasteiger partial charge in [-0.2, -0.15) is 0 Å². The third-order valence-corrected chi connectivity index (χ3v) is 3.11. The molecule has 0 bridgehead atoms. The van der Waals surface area contributed by atoms with Gasteiger partial charge < -0.3 is 10.8 Å². The maximum atomic E-state index is 12.7. The molecule has 0 spiro atoms. The minimum Gasteiger partial charge on any atom is -0.395 e. The van der Waals surface area contributed by atoms with Gasteiger partial charge in [0.25, 0.3) is 0 Å². The van der Waals surface area contributed by atoms with E-state index in [0.717, 1.165) is 18.4 Å². The summed E-state index contributed by atoms with van der Waals surface area (Å²) in [7, 11) is 0. The minimum absolute atomic E-state index is 0.0165. The van der Waals surface area contributed by atoms with Gasteiger partial charge in [-0.1, -0.05) is 12.1 Å². The number of nitrogens with two attached hydrogens (primary N) is 1. The van der Waals surface area contributed by atoms with Crippen molar-refractivity contribution in [2.45, 2.75) is 24.3 Å². The Balaban J connectivity index is 2.26. The Morgan fingerprint density at radius 2 is 1.93 bits per heavy atom. The number of halogens is 1. The summed E-state index contributed by atoms with van der Waals surface area (Å²) in [6.07, 6.45) is 1.97. The molecular formula is C11H14FNO. The number of benzene rings is 1. The standard InChI is InChI=1S/C11H14FNO/c12-9-3-1-8(2-4-9)11(5-6-11)10(13)7-14/h1-4,10,14H,5-7,13H2. The zero-order chi connectivity index (χ0) is 10.2. The second-order valence-corrected chi connectivity index (χ2v) is 3.95. The monoisotopic (exact) mass is 195 g/mol. The molecule has 1 aromatic carbocycles. The van der Waals surface area contributed by atoms with Gasteiger partial charge in [0.1, 0.15) is 5.82 Å². The maximum Gasteiger partial charge on any atom is 0.123 e. The number of hydrogen-bond donors (Lipinski definition) is 2. The summed E-state index contributed by atoms with van der Waals surface area (Å²) >= 11 is 0. The van der Waals surface area contributed by atoms with Crippen LogP contribution in [0.5, 0.6) is 0 Å². The molecule has 1 atom stereocenters. The highest BCUT2D eigenvalue weighted by atomic mass is 19.1. The predicted molar refractivity (Wildman–Crippen MR) is 52.4 cm³/mol. The van der Waals surface area contributed by atoms with Gasteiger partial charge in [-0.15, -0.1) is 0 Å². The first kappa shape index (κ1) is 9.62. The third kappa shape index (κ3) is 1.42. The Morgan fingerprint density at radius 1 is 1.36 bits per heavy atom.